The molecular weight excluding hydrogens is 154 g/mol. The molecule has 0 amide bonds. The maximum Gasteiger partial charge on any atom is 0.101 e. The van der Waals surface area contributed by atoms with Crippen LogP contribution < -0.4 is 0 Å². The Labute approximate surface area is 71.0 Å². The zero-order chi connectivity index (χ0) is 8.27. The van der Waals surface area contributed by atoms with E-state index in [2.05, 4.69) is 13.0 Å². The summed E-state index contributed by atoms with van der Waals surface area (Å²) in [5.74, 6) is 0. The molecule has 1 aromatic rings. The minimum Gasteiger partial charge on any atom is -0.192 e. The first-order valence-corrected chi connectivity index (χ1v) is 4.41. The van der Waals surface area contributed by atoms with E-state index in [0.29, 0.717) is 5.56 Å². The Kier molecular flexibility index (Phi) is 2.56. The van der Waals surface area contributed by atoms with Crippen LogP contribution in [0, 0.1) is 18.3 Å². The Hall–Kier alpha value is -0.940. The van der Waals surface area contributed by atoms with Crippen molar-refractivity contribution in [1.29, 1.82) is 5.26 Å². The lowest BCUT2D eigenvalue weighted by atomic mass is 10.1. The van der Waals surface area contributed by atoms with Crippen LogP contribution >= 0.6 is 11.8 Å². The van der Waals surface area contributed by atoms with Crippen LogP contribution in [0.3, 0.4) is 0 Å². The number of rotatable bonds is 1. The quantitative estimate of drug-likeness (QED) is 0.592. The smallest absolute Gasteiger partial charge is 0.101 e. The molecule has 0 fully saturated rings. The molecule has 0 atom stereocenters. The van der Waals surface area contributed by atoms with Crippen LogP contribution in [-0.2, 0) is 0 Å². The maximum absolute atomic E-state index is 8.73. The monoisotopic (exact) mass is 162 g/mol. The molecule has 1 rings (SSSR count). The molecule has 0 heterocycles. The molecule has 0 spiro atoms. The van der Waals surface area contributed by atoms with E-state index in [-0.39, 0.29) is 0 Å². The van der Waals surface area contributed by atoms with Crippen molar-refractivity contribution in [3.63, 3.8) is 0 Å². The number of hydrogen-bond donors (Lipinski definition) is 0. The van der Waals surface area contributed by atoms with E-state index in [1.807, 2.05) is 24.5 Å². The number of nitrogens with zero attached hydrogens (tertiary/aromatic N) is 1. The molecular formula is C9H8NS. The van der Waals surface area contributed by atoms with Crippen LogP contribution in [0.25, 0.3) is 0 Å². The van der Waals surface area contributed by atoms with Gasteiger partial charge in [-0.3, -0.25) is 0 Å². The maximum atomic E-state index is 8.73. The lowest BCUT2D eigenvalue weighted by Gasteiger charge is -2.01. The van der Waals surface area contributed by atoms with Crippen molar-refractivity contribution in [2.24, 2.45) is 0 Å². The Morgan fingerprint density at radius 2 is 2.27 bits per heavy atom. The van der Waals surface area contributed by atoms with Gasteiger partial charge < -0.3 is 0 Å². The van der Waals surface area contributed by atoms with E-state index < -0.39 is 0 Å². The van der Waals surface area contributed by atoms with Crippen LogP contribution in [-0.4, -0.2) is 6.26 Å². The second-order valence-corrected chi connectivity index (χ2v) is 2.95. The van der Waals surface area contributed by atoms with E-state index in [4.69, 9.17) is 5.26 Å². The third-order valence-electron chi connectivity index (χ3n) is 1.44. The summed E-state index contributed by atoms with van der Waals surface area (Å²) in [5, 5.41) is 8.73. The molecule has 1 aromatic carbocycles. The highest BCUT2D eigenvalue weighted by Gasteiger charge is 2.01. The van der Waals surface area contributed by atoms with Gasteiger partial charge in [0.1, 0.15) is 6.07 Å². The van der Waals surface area contributed by atoms with Gasteiger partial charge in [0, 0.05) is 4.90 Å². The lowest BCUT2D eigenvalue weighted by Crippen LogP contribution is -1.84. The fourth-order valence-corrected chi connectivity index (χ4v) is 1.47. The van der Waals surface area contributed by atoms with Crippen molar-refractivity contribution >= 4 is 11.8 Å². The molecule has 1 radical (unpaired) electrons. The van der Waals surface area contributed by atoms with Crippen molar-refractivity contribution in [2.75, 3.05) is 6.26 Å². The minimum absolute atomic E-state index is 0.694. The van der Waals surface area contributed by atoms with Gasteiger partial charge in [-0.05, 0) is 24.8 Å². The Bertz CT molecular complexity index is 299. The molecule has 0 saturated carbocycles. The number of hydrogen-bond acceptors (Lipinski definition) is 2. The van der Waals surface area contributed by atoms with Gasteiger partial charge in [-0.15, -0.1) is 11.8 Å². The Balaban J connectivity index is 3.27. The van der Waals surface area contributed by atoms with Gasteiger partial charge in [0.05, 0.1) is 5.56 Å². The summed E-state index contributed by atoms with van der Waals surface area (Å²) in [6, 6.07) is 7.82. The first-order chi connectivity index (χ1) is 5.29. The van der Waals surface area contributed by atoms with E-state index >= 15 is 0 Å². The molecule has 0 bridgehead atoms. The number of benzene rings is 1. The lowest BCUT2D eigenvalue weighted by molar-refractivity contribution is 1.34. The van der Waals surface area contributed by atoms with Gasteiger partial charge >= 0.3 is 0 Å². The first-order valence-electron chi connectivity index (χ1n) is 3.18. The predicted molar refractivity (Wildman–Crippen MR) is 47.4 cm³/mol. The van der Waals surface area contributed by atoms with Crippen molar-refractivity contribution in [1.82, 2.24) is 0 Å². The summed E-state index contributed by atoms with van der Waals surface area (Å²) in [4.78, 5) is 1.00. The zero-order valence-electron chi connectivity index (χ0n) is 6.29. The standard InChI is InChI=1S/C9H8NS/c1-7-4-3-5-9(11-2)8(7)6-10/h3-5H,1H2,2H3. The van der Waals surface area contributed by atoms with Crippen LogP contribution in [0.2, 0.25) is 0 Å². The molecule has 0 aromatic heterocycles. The molecule has 0 N–H and O–H groups in total. The van der Waals surface area contributed by atoms with Crippen molar-refractivity contribution in [3.8, 4) is 6.07 Å². The molecule has 2 heteroatoms. The summed E-state index contributed by atoms with van der Waals surface area (Å²) in [5.41, 5.74) is 1.50. The normalized spacial score (nSPS) is 9.18. The topological polar surface area (TPSA) is 23.8 Å². The molecule has 55 valence electrons. The van der Waals surface area contributed by atoms with Crippen LogP contribution in [0.5, 0.6) is 0 Å². The van der Waals surface area contributed by atoms with Gasteiger partial charge in [0.25, 0.3) is 0 Å². The van der Waals surface area contributed by atoms with Crippen LogP contribution in [0.15, 0.2) is 23.1 Å². The summed E-state index contributed by atoms with van der Waals surface area (Å²) >= 11 is 1.57. The van der Waals surface area contributed by atoms with Gasteiger partial charge in [-0.2, -0.15) is 5.26 Å². The Morgan fingerprint density at radius 3 is 2.73 bits per heavy atom. The van der Waals surface area contributed by atoms with Gasteiger partial charge in [-0.25, -0.2) is 0 Å². The summed E-state index contributed by atoms with van der Waals surface area (Å²) < 4.78 is 0. The van der Waals surface area contributed by atoms with Crippen molar-refractivity contribution < 1.29 is 0 Å². The van der Waals surface area contributed by atoms with Crippen molar-refractivity contribution in [2.45, 2.75) is 4.90 Å². The van der Waals surface area contributed by atoms with E-state index in [1.54, 1.807) is 11.8 Å². The average Bonchev–Trinajstić information content (AvgIpc) is 2.04. The first kappa shape index (κ1) is 8.16. The van der Waals surface area contributed by atoms with Gasteiger partial charge in [0.2, 0.25) is 0 Å². The number of thioether (sulfide) groups is 1. The molecule has 0 aliphatic rings. The second kappa shape index (κ2) is 3.45. The molecule has 0 unspecified atom stereocenters. The third kappa shape index (κ3) is 1.55. The molecule has 0 aliphatic heterocycles. The second-order valence-electron chi connectivity index (χ2n) is 2.11. The van der Waals surface area contributed by atoms with Crippen LogP contribution in [0.4, 0.5) is 0 Å². The predicted octanol–water partition coefficient (Wildman–Crippen LogP) is 2.46. The van der Waals surface area contributed by atoms with Gasteiger partial charge in [-0.1, -0.05) is 12.1 Å². The fourth-order valence-electron chi connectivity index (χ4n) is 0.874. The van der Waals surface area contributed by atoms with E-state index in [0.717, 1.165) is 10.5 Å². The Morgan fingerprint density at radius 1 is 1.55 bits per heavy atom. The summed E-state index contributed by atoms with van der Waals surface area (Å²) in [7, 11) is 0. The van der Waals surface area contributed by atoms with E-state index in [9.17, 15) is 0 Å². The summed E-state index contributed by atoms with van der Waals surface area (Å²) in [6.07, 6.45) is 1.95. The average molecular weight is 162 g/mol. The van der Waals surface area contributed by atoms with Crippen LogP contribution in [0.1, 0.15) is 11.1 Å². The highest BCUT2D eigenvalue weighted by Crippen LogP contribution is 2.21. The van der Waals surface area contributed by atoms with Crippen molar-refractivity contribution in [3.05, 3.63) is 36.2 Å². The third-order valence-corrected chi connectivity index (χ3v) is 2.22. The van der Waals surface area contributed by atoms with Gasteiger partial charge in [0.15, 0.2) is 0 Å². The number of nitriles is 1. The summed E-state index contributed by atoms with van der Waals surface area (Å²) in [6.45, 7) is 3.76. The molecule has 11 heavy (non-hydrogen) atoms. The highest BCUT2D eigenvalue weighted by molar-refractivity contribution is 7.98. The largest absolute Gasteiger partial charge is 0.192 e. The fraction of sp³-hybridized carbons (Fsp3) is 0.111. The zero-order valence-corrected chi connectivity index (χ0v) is 7.11. The SMILES string of the molecule is [CH2]c1cccc(SC)c1C#N. The molecule has 0 saturated heterocycles. The van der Waals surface area contributed by atoms with E-state index in [1.165, 1.54) is 0 Å². The molecule has 0 aliphatic carbocycles. The molecule has 1 nitrogen and oxygen atoms in total. The highest BCUT2D eigenvalue weighted by atomic mass is 32.2. The minimum atomic E-state index is 0.694.